The van der Waals surface area contributed by atoms with Crippen molar-refractivity contribution in [3.63, 3.8) is 0 Å². The number of amides is 1. The number of nitrogens with one attached hydrogen (secondary N) is 1. The van der Waals surface area contributed by atoms with Gasteiger partial charge in [0.05, 0.1) is 5.56 Å². The average Bonchev–Trinajstić information content (AvgIpc) is 3.16. The maximum Gasteiger partial charge on any atom is 0.252 e. The number of aryl methyl sites for hydroxylation is 1. The molecule has 18 heavy (non-hydrogen) atoms. The molecule has 4 heteroatoms. The number of benzene rings is 1. The van der Waals surface area contributed by atoms with Gasteiger partial charge in [-0.25, -0.2) is 0 Å². The number of halogens is 1. The van der Waals surface area contributed by atoms with Gasteiger partial charge in [-0.15, -0.1) is 0 Å². The number of carbonyl (C=O) groups is 1. The number of rotatable bonds is 5. The third-order valence-corrected chi connectivity index (χ3v) is 4.41. The Balaban J connectivity index is 1.85. The zero-order chi connectivity index (χ0) is 13.1. The van der Waals surface area contributed by atoms with Gasteiger partial charge in [0, 0.05) is 23.6 Å². The minimum Gasteiger partial charge on any atom is -0.351 e. The number of nitrogens with zero attached hydrogens (tertiary/aromatic N) is 1. The number of carbonyl (C=O) groups excluding carboxylic acids is 1. The standard InChI is InChI=1S/C14H19BrN2O/c1-10-4-3-5-12(13(10)15)14(18)16-8-9-17(2)11-6-7-11/h3-5,11H,6-9H2,1-2H3,(H,16,18). The van der Waals surface area contributed by atoms with Crippen LogP contribution in [0.3, 0.4) is 0 Å². The van der Waals surface area contributed by atoms with Gasteiger partial charge in [-0.3, -0.25) is 4.79 Å². The molecule has 98 valence electrons. The molecule has 1 aromatic carbocycles. The van der Waals surface area contributed by atoms with Gasteiger partial charge in [0.2, 0.25) is 0 Å². The summed E-state index contributed by atoms with van der Waals surface area (Å²) in [5.41, 5.74) is 1.79. The largest absolute Gasteiger partial charge is 0.351 e. The summed E-state index contributed by atoms with van der Waals surface area (Å²) in [7, 11) is 2.12. The Hall–Kier alpha value is -0.870. The molecular weight excluding hydrogens is 292 g/mol. The molecule has 1 fully saturated rings. The van der Waals surface area contributed by atoms with E-state index in [9.17, 15) is 4.79 Å². The van der Waals surface area contributed by atoms with Gasteiger partial charge in [0.1, 0.15) is 0 Å². The molecular formula is C14H19BrN2O. The predicted octanol–water partition coefficient (Wildman–Crippen LogP) is 2.58. The predicted molar refractivity (Wildman–Crippen MR) is 76.9 cm³/mol. The van der Waals surface area contributed by atoms with E-state index >= 15 is 0 Å². The Morgan fingerprint density at radius 1 is 1.50 bits per heavy atom. The molecule has 0 aliphatic heterocycles. The van der Waals surface area contributed by atoms with Gasteiger partial charge in [-0.05, 0) is 54.4 Å². The fraction of sp³-hybridized carbons (Fsp3) is 0.500. The highest BCUT2D eigenvalue weighted by Crippen LogP contribution is 2.24. The smallest absolute Gasteiger partial charge is 0.252 e. The van der Waals surface area contributed by atoms with Crippen LogP contribution in [0.1, 0.15) is 28.8 Å². The first kappa shape index (κ1) is 13.6. The van der Waals surface area contributed by atoms with E-state index in [0.29, 0.717) is 12.1 Å². The topological polar surface area (TPSA) is 32.3 Å². The summed E-state index contributed by atoms with van der Waals surface area (Å²) < 4.78 is 0.887. The van der Waals surface area contributed by atoms with Crippen LogP contribution in [0.25, 0.3) is 0 Å². The van der Waals surface area contributed by atoms with Crippen molar-refractivity contribution in [2.45, 2.75) is 25.8 Å². The quantitative estimate of drug-likeness (QED) is 0.906. The minimum absolute atomic E-state index is 0.00484. The van der Waals surface area contributed by atoms with Crippen molar-refractivity contribution in [1.29, 1.82) is 0 Å². The highest BCUT2D eigenvalue weighted by atomic mass is 79.9. The van der Waals surface area contributed by atoms with Crippen molar-refractivity contribution in [1.82, 2.24) is 10.2 Å². The SMILES string of the molecule is Cc1cccc(C(=O)NCCN(C)C2CC2)c1Br. The number of hydrogen-bond acceptors (Lipinski definition) is 2. The summed E-state index contributed by atoms with van der Waals surface area (Å²) >= 11 is 3.46. The van der Waals surface area contributed by atoms with Crippen LogP contribution in [0.2, 0.25) is 0 Å². The van der Waals surface area contributed by atoms with Crippen LogP contribution >= 0.6 is 15.9 Å². The molecule has 0 atom stereocenters. The molecule has 1 aliphatic carbocycles. The van der Waals surface area contributed by atoms with E-state index in [1.165, 1.54) is 12.8 Å². The zero-order valence-corrected chi connectivity index (χ0v) is 12.5. The molecule has 1 aliphatic rings. The second-order valence-corrected chi connectivity index (χ2v) is 5.70. The maximum absolute atomic E-state index is 12.0. The normalized spacial score (nSPS) is 14.9. The van der Waals surface area contributed by atoms with E-state index in [-0.39, 0.29) is 5.91 Å². The molecule has 0 unspecified atom stereocenters. The fourth-order valence-corrected chi connectivity index (χ4v) is 2.41. The fourth-order valence-electron chi connectivity index (χ4n) is 1.96. The van der Waals surface area contributed by atoms with Crippen molar-refractivity contribution < 1.29 is 4.79 Å². The van der Waals surface area contributed by atoms with E-state index in [2.05, 4.69) is 33.2 Å². The van der Waals surface area contributed by atoms with Gasteiger partial charge in [-0.2, -0.15) is 0 Å². The van der Waals surface area contributed by atoms with Crippen molar-refractivity contribution in [3.05, 3.63) is 33.8 Å². The molecule has 0 aromatic heterocycles. The maximum atomic E-state index is 12.0. The van der Waals surface area contributed by atoms with Crippen LogP contribution in [0.15, 0.2) is 22.7 Å². The van der Waals surface area contributed by atoms with Gasteiger partial charge in [0.25, 0.3) is 5.91 Å². The summed E-state index contributed by atoms with van der Waals surface area (Å²) in [4.78, 5) is 14.3. The molecule has 0 saturated heterocycles. The summed E-state index contributed by atoms with van der Waals surface area (Å²) in [6.07, 6.45) is 2.60. The van der Waals surface area contributed by atoms with E-state index in [0.717, 1.165) is 22.6 Å². The first-order valence-corrected chi connectivity index (χ1v) is 7.12. The van der Waals surface area contributed by atoms with E-state index in [1.807, 2.05) is 25.1 Å². The number of hydrogen-bond donors (Lipinski definition) is 1. The Morgan fingerprint density at radius 3 is 2.89 bits per heavy atom. The van der Waals surface area contributed by atoms with Gasteiger partial charge in [0.15, 0.2) is 0 Å². The van der Waals surface area contributed by atoms with Crippen LogP contribution in [0, 0.1) is 6.92 Å². The second-order valence-electron chi connectivity index (χ2n) is 4.90. The Bertz CT molecular complexity index is 443. The summed E-state index contributed by atoms with van der Waals surface area (Å²) in [6, 6.07) is 6.48. The molecule has 1 aromatic rings. The van der Waals surface area contributed by atoms with E-state index in [4.69, 9.17) is 0 Å². The summed E-state index contributed by atoms with van der Waals surface area (Å²) in [5, 5.41) is 2.97. The Morgan fingerprint density at radius 2 is 2.22 bits per heavy atom. The van der Waals surface area contributed by atoms with Gasteiger partial charge < -0.3 is 10.2 Å². The van der Waals surface area contributed by atoms with E-state index < -0.39 is 0 Å². The lowest BCUT2D eigenvalue weighted by atomic mass is 10.1. The molecule has 0 spiro atoms. The van der Waals surface area contributed by atoms with Gasteiger partial charge in [-0.1, -0.05) is 12.1 Å². The molecule has 2 rings (SSSR count). The highest BCUT2D eigenvalue weighted by molar-refractivity contribution is 9.10. The monoisotopic (exact) mass is 310 g/mol. The van der Waals surface area contributed by atoms with Crippen LogP contribution in [-0.4, -0.2) is 37.0 Å². The molecule has 3 nitrogen and oxygen atoms in total. The van der Waals surface area contributed by atoms with Crippen molar-refractivity contribution in [2.75, 3.05) is 20.1 Å². The van der Waals surface area contributed by atoms with Crippen molar-refractivity contribution in [2.24, 2.45) is 0 Å². The van der Waals surface area contributed by atoms with Crippen LogP contribution < -0.4 is 5.32 Å². The summed E-state index contributed by atoms with van der Waals surface area (Å²) in [5.74, 6) is -0.00484. The molecule has 0 bridgehead atoms. The molecule has 0 heterocycles. The average molecular weight is 311 g/mol. The van der Waals surface area contributed by atoms with Crippen molar-refractivity contribution in [3.8, 4) is 0 Å². The molecule has 1 saturated carbocycles. The van der Waals surface area contributed by atoms with E-state index in [1.54, 1.807) is 0 Å². The molecule has 1 N–H and O–H groups in total. The van der Waals surface area contributed by atoms with Crippen LogP contribution in [0.5, 0.6) is 0 Å². The molecule has 0 radical (unpaired) electrons. The van der Waals surface area contributed by atoms with Crippen molar-refractivity contribution >= 4 is 21.8 Å². The first-order valence-electron chi connectivity index (χ1n) is 6.33. The van der Waals surface area contributed by atoms with Gasteiger partial charge >= 0.3 is 0 Å². The lowest BCUT2D eigenvalue weighted by Crippen LogP contribution is -2.34. The minimum atomic E-state index is -0.00484. The lowest BCUT2D eigenvalue weighted by Gasteiger charge is -2.16. The highest BCUT2D eigenvalue weighted by Gasteiger charge is 2.25. The first-order chi connectivity index (χ1) is 8.59. The second kappa shape index (κ2) is 5.85. The summed E-state index contributed by atoms with van der Waals surface area (Å²) in [6.45, 7) is 3.60. The number of likely N-dealkylation sites (N-methyl/N-ethyl adjacent to an activating group) is 1. The van der Waals surface area contributed by atoms with Crippen LogP contribution in [0.4, 0.5) is 0 Å². The zero-order valence-electron chi connectivity index (χ0n) is 10.9. The van der Waals surface area contributed by atoms with Crippen LogP contribution in [-0.2, 0) is 0 Å². The Labute approximate surface area is 117 Å². The molecule has 1 amide bonds. The third-order valence-electron chi connectivity index (χ3n) is 3.36. The third kappa shape index (κ3) is 3.33. The lowest BCUT2D eigenvalue weighted by molar-refractivity contribution is 0.0948. The Kier molecular flexibility index (Phi) is 4.40.